The van der Waals surface area contributed by atoms with Crippen LogP contribution in [0, 0.1) is 5.92 Å². The van der Waals surface area contributed by atoms with Gasteiger partial charge in [0.15, 0.2) is 0 Å². The van der Waals surface area contributed by atoms with Crippen molar-refractivity contribution in [2.75, 3.05) is 13.1 Å². The van der Waals surface area contributed by atoms with E-state index in [1.54, 1.807) is 0 Å². The normalized spacial score (nSPS) is 11.2. The van der Waals surface area contributed by atoms with Crippen LogP contribution in [0.25, 0.3) is 0 Å². The molecule has 0 unspecified atom stereocenters. The Labute approximate surface area is 151 Å². The molecule has 0 aromatic heterocycles. The van der Waals surface area contributed by atoms with Crippen molar-refractivity contribution in [1.29, 1.82) is 0 Å². The summed E-state index contributed by atoms with van der Waals surface area (Å²) in [6.07, 6.45) is 19.7. The van der Waals surface area contributed by atoms with E-state index in [1.807, 2.05) is 0 Å². The number of nitrogens with two attached hydrogens (primary N) is 1. The lowest BCUT2D eigenvalue weighted by Crippen LogP contribution is -2.26. The predicted molar refractivity (Wildman–Crippen MR) is 106 cm³/mol. The Hall–Kier alpha value is -0.570. The molecule has 0 rings (SSSR count). The molecule has 0 aliphatic rings. The van der Waals surface area contributed by atoms with Gasteiger partial charge in [-0.2, -0.15) is 0 Å². The van der Waals surface area contributed by atoms with Crippen LogP contribution in [-0.4, -0.2) is 19.0 Å². The molecule has 0 atom stereocenters. The Bertz CT molecular complexity index is 267. The molecule has 0 bridgehead atoms. The maximum absolute atomic E-state index is 11.2. The van der Waals surface area contributed by atoms with E-state index >= 15 is 0 Å². The average Bonchev–Trinajstić information content (AvgIpc) is 2.54. The van der Waals surface area contributed by atoms with E-state index in [2.05, 4.69) is 19.2 Å². The van der Waals surface area contributed by atoms with Gasteiger partial charge < -0.3 is 11.1 Å². The standard InChI is InChI=1S/C21H44N2O/c1-20(2)16-14-12-10-8-6-4-3-5-7-9-11-13-15-19-23-21(24)17-18-22/h20H,3-19,22H2,1-2H3,(H,23,24). The third-order valence-corrected chi connectivity index (χ3v) is 4.65. The number of carbonyl (C=O) groups is 1. The highest BCUT2D eigenvalue weighted by atomic mass is 16.1. The molecule has 0 aliphatic carbocycles. The Morgan fingerprint density at radius 2 is 1.17 bits per heavy atom. The van der Waals surface area contributed by atoms with Crippen molar-refractivity contribution >= 4 is 5.91 Å². The van der Waals surface area contributed by atoms with Crippen LogP contribution >= 0.6 is 0 Å². The lowest BCUT2D eigenvalue weighted by atomic mass is 10.0. The van der Waals surface area contributed by atoms with Gasteiger partial charge in [-0.3, -0.25) is 4.79 Å². The van der Waals surface area contributed by atoms with Crippen molar-refractivity contribution in [3.8, 4) is 0 Å². The average molecular weight is 341 g/mol. The van der Waals surface area contributed by atoms with Gasteiger partial charge in [-0.15, -0.1) is 0 Å². The summed E-state index contributed by atoms with van der Waals surface area (Å²) in [5.74, 6) is 0.970. The number of amides is 1. The fourth-order valence-electron chi connectivity index (χ4n) is 3.07. The van der Waals surface area contributed by atoms with Crippen molar-refractivity contribution in [3.05, 3.63) is 0 Å². The van der Waals surface area contributed by atoms with E-state index in [1.165, 1.54) is 83.5 Å². The summed E-state index contributed by atoms with van der Waals surface area (Å²) in [4.78, 5) is 11.2. The molecule has 3 heteroatoms. The number of carbonyl (C=O) groups excluding carboxylic acids is 1. The van der Waals surface area contributed by atoms with E-state index in [4.69, 9.17) is 5.73 Å². The molecular weight excluding hydrogens is 296 g/mol. The third kappa shape index (κ3) is 19.5. The van der Waals surface area contributed by atoms with Crippen molar-refractivity contribution in [1.82, 2.24) is 5.32 Å². The first-order valence-electron chi connectivity index (χ1n) is 10.6. The summed E-state index contributed by atoms with van der Waals surface area (Å²) in [7, 11) is 0. The van der Waals surface area contributed by atoms with E-state index in [0.29, 0.717) is 13.0 Å². The van der Waals surface area contributed by atoms with Crippen LogP contribution in [0.15, 0.2) is 0 Å². The topological polar surface area (TPSA) is 55.1 Å². The molecule has 24 heavy (non-hydrogen) atoms. The number of unbranched alkanes of at least 4 members (excludes halogenated alkanes) is 12. The molecule has 0 spiro atoms. The smallest absolute Gasteiger partial charge is 0.221 e. The van der Waals surface area contributed by atoms with Gasteiger partial charge in [0.2, 0.25) is 5.91 Å². The number of hydrogen-bond donors (Lipinski definition) is 2. The van der Waals surface area contributed by atoms with Crippen LogP contribution in [0.5, 0.6) is 0 Å². The highest BCUT2D eigenvalue weighted by Crippen LogP contribution is 2.14. The largest absolute Gasteiger partial charge is 0.356 e. The molecule has 0 heterocycles. The van der Waals surface area contributed by atoms with Gasteiger partial charge in [0.1, 0.15) is 0 Å². The fourth-order valence-corrected chi connectivity index (χ4v) is 3.07. The van der Waals surface area contributed by atoms with Crippen molar-refractivity contribution < 1.29 is 4.79 Å². The summed E-state index contributed by atoms with van der Waals surface area (Å²) in [6, 6.07) is 0. The van der Waals surface area contributed by atoms with Crippen molar-refractivity contribution in [2.45, 2.75) is 110 Å². The zero-order valence-corrected chi connectivity index (χ0v) is 16.6. The SMILES string of the molecule is CC(C)CCCCCCCCCCCCCCCNC(=O)CCN. The lowest BCUT2D eigenvalue weighted by Gasteiger charge is -2.05. The first-order valence-corrected chi connectivity index (χ1v) is 10.6. The van der Waals surface area contributed by atoms with E-state index in [9.17, 15) is 4.79 Å². The van der Waals surface area contributed by atoms with E-state index in [-0.39, 0.29) is 5.91 Å². The van der Waals surface area contributed by atoms with Gasteiger partial charge in [0.05, 0.1) is 0 Å². The minimum atomic E-state index is 0.0948. The van der Waals surface area contributed by atoms with Gasteiger partial charge in [0.25, 0.3) is 0 Å². The minimum Gasteiger partial charge on any atom is -0.356 e. The third-order valence-electron chi connectivity index (χ3n) is 4.65. The maximum Gasteiger partial charge on any atom is 0.221 e. The van der Waals surface area contributed by atoms with Gasteiger partial charge >= 0.3 is 0 Å². The first-order chi connectivity index (χ1) is 11.7. The van der Waals surface area contributed by atoms with Crippen LogP contribution in [0.2, 0.25) is 0 Å². The molecule has 0 fully saturated rings. The molecule has 0 aromatic rings. The molecule has 3 nitrogen and oxygen atoms in total. The molecule has 0 aromatic carbocycles. The van der Waals surface area contributed by atoms with Gasteiger partial charge in [-0.25, -0.2) is 0 Å². The van der Waals surface area contributed by atoms with E-state index < -0.39 is 0 Å². The Morgan fingerprint density at radius 3 is 1.58 bits per heavy atom. The lowest BCUT2D eigenvalue weighted by molar-refractivity contribution is -0.120. The highest BCUT2D eigenvalue weighted by molar-refractivity contribution is 5.75. The van der Waals surface area contributed by atoms with Crippen molar-refractivity contribution in [3.63, 3.8) is 0 Å². The quantitative estimate of drug-likeness (QED) is 0.320. The zero-order chi connectivity index (χ0) is 17.9. The molecule has 144 valence electrons. The fraction of sp³-hybridized carbons (Fsp3) is 0.952. The molecular formula is C21H44N2O. The summed E-state index contributed by atoms with van der Waals surface area (Å²) >= 11 is 0. The summed E-state index contributed by atoms with van der Waals surface area (Å²) < 4.78 is 0. The second-order valence-electron chi connectivity index (χ2n) is 7.67. The minimum absolute atomic E-state index is 0.0948. The van der Waals surface area contributed by atoms with E-state index in [0.717, 1.165) is 18.9 Å². The van der Waals surface area contributed by atoms with Gasteiger partial charge in [0, 0.05) is 19.5 Å². The highest BCUT2D eigenvalue weighted by Gasteiger charge is 1.98. The van der Waals surface area contributed by atoms with Crippen LogP contribution < -0.4 is 11.1 Å². The summed E-state index contributed by atoms with van der Waals surface area (Å²) in [6.45, 7) is 5.91. The Balaban J connectivity index is 3.04. The maximum atomic E-state index is 11.2. The molecule has 0 aliphatic heterocycles. The summed E-state index contributed by atoms with van der Waals surface area (Å²) in [5.41, 5.74) is 5.33. The molecule has 3 N–H and O–H groups in total. The predicted octanol–water partition coefficient (Wildman–Crippen LogP) is 5.57. The Kier molecular flexibility index (Phi) is 18.3. The van der Waals surface area contributed by atoms with Crippen LogP contribution in [0.3, 0.4) is 0 Å². The molecule has 0 saturated carbocycles. The first kappa shape index (κ1) is 23.4. The van der Waals surface area contributed by atoms with Gasteiger partial charge in [-0.1, -0.05) is 97.3 Å². The van der Waals surface area contributed by atoms with Crippen LogP contribution in [0.4, 0.5) is 0 Å². The molecule has 0 radical (unpaired) electrons. The number of hydrogen-bond acceptors (Lipinski definition) is 2. The van der Waals surface area contributed by atoms with Gasteiger partial charge in [-0.05, 0) is 12.3 Å². The summed E-state index contributed by atoms with van der Waals surface area (Å²) in [5, 5.41) is 2.91. The Morgan fingerprint density at radius 1 is 0.750 bits per heavy atom. The number of rotatable bonds is 18. The zero-order valence-electron chi connectivity index (χ0n) is 16.6. The van der Waals surface area contributed by atoms with Crippen molar-refractivity contribution in [2.24, 2.45) is 11.7 Å². The second-order valence-corrected chi connectivity index (χ2v) is 7.67. The monoisotopic (exact) mass is 340 g/mol. The second kappa shape index (κ2) is 18.8. The molecule has 0 saturated heterocycles. The number of nitrogens with one attached hydrogen (secondary N) is 1. The van der Waals surface area contributed by atoms with Crippen LogP contribution in [-0.2, 0) is 4.79 Å². The van der Waals surface area contributed by atoms with Crippen LogP contribution in [0.1, 0.15) is 110 Å². The molecule has 1 amide bonds.